The molecule has 0 aromatic heterocycles. The van der Waals surface area contributed by atoms with Crippen molar-refractivity contribution in [1.29, 1.82) is 0 Å². The average Bonchev–Trinajstić information content (AvgIpc) is 2.32. The molecular weight excluding hydrogens is 204 g/mol. The first-order chi connectivity index (χ1) is 7.31. The Morgan fingerprint density at radius 1 is 1.07 bits per heavy atom. The van der Waals surface area contributed by atoms with Crippen molar-refractivity contribution in [2.45, 2.75) is 31.8 Å². The third kappa shape index (κ3) is 11.7. The van der Waals surface area contributed by atoms with Crippen LogP contribution in [0.25, 0.3) is 0 Å². The first kappa shape index (κ1) is 14.8. The molecule has 0 spiro atoms. The predicted octanol–water partition coefficient (Wildman–Crippen LogP) is -0.228. The van der Waals surface area contributed by atoms with Gasteiger partial charge in [-0.1, -0.05) is 5.04 Å². The monoisotopic (exact) mass is 224 g/mol. The summed E-state index contributed by atoms with van der Waals surface area (Å²) in [6, 6.07) is 0. The molecule has 0 amide bonds. The van der Waals surface area contributed by atoms with Crippen LogP contribution in [0.15, 0.2) is 0 Å². The quantitative estimate of drug-likeness (QED) is 0.441. The molecule has 6 nitrogen and oxygen atoms in total. The molecule has 1 aliphatic rings. The van der Waals surface area contributed by atoms with E-state index in [-0.39, 0.29) is 13.2 Å². The summed E-state index contributed by atoms with van der Waals surface area (Å²) >= 11 is 0. The summed E-state index contributed by atoms with van der Waals surface area (Å²) < 4.78 is 0. The molecule has 1 heterocycles. The highest BCUT2D eigenvalue weighted by Gasteiger charge is 1.99. The van der Waals surface area contributed by atoms with Crippen LogP contribution in [-0.4, -0.2) is 47.9 Å². The molecule has 1 fully saturated rings. The first-order valence-corrected chi connectivity index (χ1v) is 5.12. The molecule has 0 saturated carbocycles. The second-order valence-corrected chi connectivity index (χ2v) is 3.12. The van der Waals surface area contributed by atoms with Gasteiger partial charge in [0, 0.05) is 13.0 Å². The van der Waals surface area contributed by atoms with Crippen molar-refractivity contribution < 1.29 is 30.1 Å². The smallest absolute Gasteiger partial charge is 0.0877 e. The van der Waals surface area contributed by atoms with Crippen LogP contribution >= 0.6 is 0 Å². The Morgan fingerprint density at radius 3 is 2.07 bits per heavy atom. The van der Waals surface area contributed by atoms with Crippen molar-refractivity contribution >= 4 is 0 Å². The van der Waals surface area contributed by atoms with Gasteiger partial charge in [0.15, 0.2) is 0 Å². The molecule has 1 atom stereocenters. The highest BCUT2D eigenvalue weighted by atomic mass is 17.5. The van der Waals surface area contributed by atoms with Crippen LogP contribution in [0.1, 0.15) is 25.7 Å². The lowest BCUT2D eigenvalue weighted by Crippen LogP contribution is -2.11. The fraction of sp³-hybridized carbons (Fsp3) is 1.00. The van der Waals surface area contributed by atoms with Crippen LogP contribution in [0.5, 0.6) is 0 Å². The van der Waals surface area contributed by atoms with E-state index in [1.165, 1.54) is 0 Å². The maximum Gasteiger partial charge on any atom is 0.0877 e. The van der Waals surface area contributed by atoms with E-state index in [1.54, 1.807) is 0 Å². The second kappa shape index (κ2) is 11.8. The Labute approximate surface area is 89.2 Å². The molecule has 6 heteroatoms. The fourth-order valence-electron chi connectivity index (χ4n) is 0.862. The number of hydrogen-bond donors (Lipinski definition) is 3. The summed E-state index contributed by atoms with van der Waals surface area (Å²) in [5.41, 5.74) is 0. The van der Waals surface area contributed by atoms with Crippen molar-refractivity contribution in [1.82, 2.24) is 0 Å². The first-order valence-electron chi connectivity index (χ1n) is 5.12. The molecule has 1 aliphatic heterocycles. The topological polar surface area (TPSA) is 88.4 Å². The number of aliphatic hydroxyl groups is 3. The van der Waals surface area contributed by atoms with Gasteiger partial charge >= 0.3 is 0 Å². The molecule has 0 bridgehead atoms. The van der Waals surface area contributed by atoms with Gasteiger partial charge < -0.3 is 15.3 Å². The Morgan fingerprint density at radius 2 is 1.73 bits per heavy atom. The maximum atomic E-state index is 8.75. The lowest BCUT2D eigenvalue weighted by molar-refractivity contribution is -0.532. The molecule has 1 rings (SSSR count). The fourth-order valence-corrected chi connectivity index (χ4v) is 0.862. The highest BCUT2D eigenvalue weighted by Crippen LogP contribution is 1.98. The second-order valence-electron chi connectivity index (χ2n) is 3.12. The van der Waals surface area contributed by atoms with E-state index in [0.29, 0.717) is 26.1 Å². The Bertz CT molecular complexity index is 106. The van der Waals surface area contributed by atoms with Crippen LogP contribution in [0.4, 0.5) is 0 Å². The van der Waals surface area contributed by atoms with Crippen molar-refractivity contribution in [2.75, 3.05) is 26.4 Å². The zero-order valence-electron chi connectivity index (χ0n) is 8.80. The lowest BCUT2D eigenvalue weighted by atomic mass is 10.2. The summed E-state index contributed by atoms with van der Waals surface area (Å²) in [5.74, 6) is 0. The Balaban J connectivity index is 0.000000280. The summed E-state index contributed by atoms with van der Waals surface area (Å²) in [4.78, 5) is 8.69. The average molecular weight is 224 g/mol. The van der Waals surface area contributed by atoms with Crippen LogP contribution in [-0.2, 0) is 14.8 Å². The molecule has 0 aromatic rings. The number of unbranched alkanes of at least 4 members (excludes halogenated alkanes) is 1. The van der Waals surface area contributed by atoms with E-state index >= 15 is 0 Å². The molecule has 0 radical (unpaired) electrons. The predicted molar refractivity (Wildman–Crippen MR) is 51.6 cm³/mol. The third-order valence-electron chi connectivity index (χ3n) is 1.71. The van der Waals surface area contributed by atoms with Crippen LogP contribution in [0, 0.1) is 0 Å². The van der Waals surface area contributed by atoms with Crippen molar-refractivity contribution in [3.8, 4) is 0 Å². The normalized spacial score (nSPS) is 17.8. The SMILES string of the molecule is C1COOOC1.OCCCCC(O)CO. The Kier molecular flexibility index (Phi) is 11.6. The highest BCUT2D eigenvalue weighted by molar-refractivity contribution is 4.51. The summed E-state index contributed by atoms with van der Waals surface area (Å²) in [6.07, 6.45) is 2.39. The molecule has 1 saturated heterocycles. The van der Waals surface area contributed by atoms with Crippen LogP contribution in [0.3, 0.4) is 0 Å². The van der Waals surface area contributed by atoms with Gasteiger partial charge in [-0.2, -0.15) is 0 Å². The summed E-state index contributed by atoms with van der Waals surface area (Å²) in [5, 5.41) is 29.5. The van der Waals surface area contributed by atoms with Crippen molar-refractivity contribution in [3.05, 3.63) is 0 Å². The van der Waals surface area contributed by atoms with E-state index < -0.39 is 6.10 Å². The van der Waals surface area contributed by atoms with Crippen LogP contribution < -0.4 is 0 Å². The van der Waals surface area contributed by atoms with E-state index in [9.17, 15) is 0 Å². The maximum absolute atomic E-state index is 8.75. The standard InChI is InChI=1S/C6H14O3.C3H6O3/c7-4-2-1-3-6(9)5-8;1-2-4-6-5-3-1/h6-9H,1-5H2;1-3H2. The van der Waals surface area contributed by atoms with E-state index in [0.717, 1.165) is 12.8 Å². The molecule has 1 unspecified atom stereocenters. The van der Waals surface area contributed by atoms with Crippen molar-refractivity contribution in [3.63, 3.8) is 0 Å². The number of rotatable bonds is 5. The molecule has 0 aromatic carbocycles. The van der Waals surface area contributed by atoms with E-state index in [1.807, 2.05) is 0 Å². The minimum absolute atomic E-state index is 0.165. The zero-order chi connectivity index (χ0) is 11.4. The molecule has 92 valence electrons. The van der Waals surface area contributed by atoms with Gasteiger partial charge in [-0.3, -0.25) is 0 Å². The largest absolute Gasteiger partial charge is 0.396 e. The molecular formula is C9H20O6. The van der Waals surface area contributed by atoms with Gasteiger partial charge in [0.05, 0.1) is 25.9 Å². The van der Waals surface area contributed by atoms with Crippen LogP contribution in [0.2, 0.25) is 0 Å². The number of hydrogen-bond acceptors (Lipinski definition) is 6. The summed E-state index contributed by atoms with van der Waals surface area (Å²) in [7, 11) is 0. The van der Waals surface area contributed by atoms with E-state index in [4.69, 9.17) is 15.3 Å². The summed E-state index contributed by atoms with van der Waals surface area (Å²) in [6.45, 7) is 1.30. The van der Waals surface area contributed by atoms with Gasteiger partial charge in [0.1, 0.15) is 0 Å². The van der Waals surface area contributed by atoms with E-state index in [2.05, 4.69) is 14.8 Å². The Hall–Kier alpha value is -0.240. The van der Waals surface area contributed by atoms with Gasteiger partial charge in [0.2, 0.25) is 0 Å². The minimum Gasteiger partial charge on any atom is -0.396 e. The zero-order valence-corrected chi connectivity index (χ0v) is 8.80. The van der Waals surface area contributed by atoms with Gasteiger partial charge in [-0.25, -0.2) is 9.78 Å². The van der Waals surface area contributed by atoms with Gasteiger partial charge in [-0.05, 0) is 19.3 Å². The lowest BCUT2D eigenvalue weighted by Gasteiger charge is -2.06. The van der Waals surface area contributed by atoms with Crippen molar-refractivity contribution in [2.24, 2.45) is 0 Å². The molecule has 15 heavy (non-hydrogen) atoms. The third-order valence-corrected chi connectivity index (χ3v) is 1.71. The van der Waals surface area contributed by atoms with Gasteiger partial charge in [0.25, 0.3) is 0 Å². The molecule has 3 N–H and O–H groups in total. The molecule has 0 aliphatic carbocycles. The minimum atomic E-state index is -0.600. The van der Waals surface area contributed by atoms with Gasteiger partial charge in [-0.15, -0.1) is 0 Å². The number of aliphatic hydroxyl groups excluding tert-OH is 3.